The molecule has 1 amide bonds. The number of nitrogens with zero attached hydrogens (tertiary/aromatic N) is 4. The number of hydrogen-bond donors (Lipinski definition) is 1. The summed E-state index contributed by atoms with van der Waals surface area (Å²) in [5.74, 6) is 0.0605. The van der Waals surface area contributed by atoms with Crippen molar-refractivity contribution in [2.45, 2.75) is 49.2 Å². The molecule has 172 valence electrons. The Morgan fingerprint density at radius 2 is 2.21 bits per heavy atom. The van der Waals surface area contributed by atoms with E-state index in [1.807, 2.05) is 10.7 Å². The van der Waals surface area contributed by atoms with E-state index in [4.69, 9.17) is 21.3 Å². The molecule has 0 saturated carbocycles. The van der Waals surface area contributed by atoms with Gasteiger partial charge in [0.15, 0.2) is 16.0 Å². The highest BCUT2D eigenvalue weighted by Gasteiger charge is 2.33. The number of hydrogen-bond acceptors (Lipinski definition) is 8. The first kappa shape index (κ1) is 22.9. The minimum atomic E-state index is -0.188. The summed E-state index contributed by atoms with van der Waals surface area (Å²) in [6, 6.07) is 7.09. The van der Waals surface area contributed by atoms with Crippen LogP contribution in [0.3, 0.4) is 0 Å². The van der Waals surface area contributed by atoms with E-state index in [0.717, 1.165) is 33.9 Å². The summed E-state index contributed by atoms with van der Waals surface area (Å²) >= 11 is 10.6. The second kappa shape index (κ2) is 9.07. The second-order valence-electron chi connectivity index (χ2n) is 8.04. The van der Waals surface area contributed by atoms with Gasteiger partial charge in [0.1, 0.15) is 4.83 Å². The first-order valence-corrected chi connectivity index (χ1v) is 13.9. The van der Waals surface area contributed by atoms with E-state index in [0.29, 0.717) is 22.5 Å². The lowest BCUT2D eigenvalue weighted by molar-refractivity contribution is -0.113. The molecule has 1 aromatic carbocycles. The van der Waals surface area contributed by atoms with Crippen molar-refractivity contribution >= 4 is 73.9 Å². The molecule has 0 bridgehead atoms. The minimum absolute atomic E-state index is 0.137. The fourth-order valence-electron chi connectivity index (χ4n) is 3.87. The van der Waals surface area contributed by atoms with Crippen LogP contribution in [0.2, 0.25) is 5.02 Å². The zero-order valence-corrected chi connectivity index (χ0v) is 21.6. The number of halogens is 1. The predicted molar refractivity (Wildman–Crippen MR) is 136 cm³/mol. The number of aromatic nitrogens is 4. The lowest BCUT2D eigenvalue weighted by atomic mass is 9.90. The van der Waals surface area contributed by atoms with Crippen molar-refractivity contribution in [3.8, 4) is 0 Å². The van der Waals surface area contributed by atoms with Gasteiger partial charge in [0.05, 0.1) is 23.3 Å². The molecular weight excluding hydrogens is 498 g/mol. The van der Waals surface area contributed by atoms with Crippen molar-refractivity contribution in [3.63, 3.8) is 0 Å². The van der Waals surface area contributed by atoms with Crippen molar-refractivity contribution in [2.24, 2.45) is 0 Å². The lowest BCUT2D eigenvalue weighted by Gasteiger charge is -2.32. The predicted octanol–water partition coefficient (Wildman–Crippen LogP) is 5.69. The molecule has 4 aromatic rings. The number of anilines is 1. The van der Waals surface area contributed by atoms with Crippen molar-refractivity contribution in [3.05, 3.63) is 39.7 Å². The van der Waals surface area contributed by atoms with Crippen LogP contribution in [0.25, 0.3) is 15.9 Å². The molecular formula is C22H22ClN5O2S3. The normalized spacial score (nSPS) is 18.1. The molecule has 0 aliphatic carbocycles. The highest BCUT2D eigenvalue weighted by Crippen LogP contribution is 2.42. The lowest BCUT2D eigenvalue weighted by Crippen LogP contribution is -2.33. The van der Waals surface area contributed by atoms with Crippen LogP contribution >= 0.6 is 46.5 Å². The van der Waals surface area contributed by atoms with E-state index in [2.05, 4.69) is 29.4 Å². The fraction of sp³-hybridized carbons (Fsp3) is 0.364. The van der Waals surface area contributed by atoms with Crippen LogP contribution in [-0.4, -0.2) is 43.1 Å². The monoisotopic (exact) mass is 519 g/mol. The number of nitrogens with one attached hydrogen (secondary N) is 1. The van der Waals surface area contributed by atoms with Gasteiger partial charge in [0.2, 0.25) is 5.91 Å². The van der Waals surface area contributed by atoms with Gasteiger partial charge >= 0.3 is 0 Å². The number of fused-ring (bicyclic) bond motifs is 5. The minimum Gasteiger partial charge on any atom is -0.369 e. The molecule has 3 aromatic heterocycles. The summed E-state index contributed by atoms with van der Waals surface area (Å²) < 4.78 is 8.11. The number of amides is 1. The number of ether oxygens (including phenoxy) is 1. The van der Waals surface area contributed by atoms with Crippen LogP contribution in [0.15, 0.2) is 34.6 Å². The van der Waals surface area contributed by atoms with Crippen molar-refractivity contribution in [1.82, 2.24) is 19.6 Å². The molecule has 5 rings (SSSR count). The van der Waals surface area contributed by atoms with Gasteiger partial charge in [0, 0.05) is 22.0 Å². The standard InChI is InChI=1S/C22H22ClN5O2S3/c1-4-22(2)9-14-15(10-30-22)33-19-17(14)18-26-27-21(28(18)20(25-19)31-3)32-11-16(29)24-13-7-5-6-12(23)8-13/h5-8H,4,9-11H2,1-3H3,(H,24,29)/t22-/m0/s1. The molecule has 7 nitrogen and oxygen atoms in total. The van der Waals surface area contributed by atoms with Crippen LogP contribution in [0.5, 0.6) is 0 Å². The zero-order chi connectivity index (χ0) is 23.2. The van der Waals surface area contributed by atoms with Crippen LogP contribution in [0.4, 0.5) is 5.69 Å². The highest BCUT2D eigenvalue weighted by atomic mass is 35.5. The molecule has 1 aliphatic rings. The fourth-order valence-corrected chi connectivity index (χ4v) is 6.54. The second-order valence-corrected chi connectivity index (χ2v) is 11.3. The maximum atomic E-state index is 12.5. The van der Waals surface area contributed by atoms with Gasteiger partial charge in [0.25, 0.3) is 0 Å². The molecule has 0 unspecified atom stereocenters. The number of benzene rings is 1. The largest absolute Gasteiger partial charge is 0.369 e. The topological polar surface area (TPSA) is 81.4 Å². The van der Waals surface area contributed by atoms with E-state index < -0.39 is 0 Å². The number of rotatable bonds is 6. The molecule has 1 aliphatic heterocycles. The van der Waals surface area contributed by atoms with Gasteiger partial charge < -0.3 is 10.1 Å². The summed E-state index contributed by atoms with van der Waals surface area (Å²) in [7, 11) is 0. The van der Waals surface area contributed by atoms with Gasteiger partial charge in [-0.3, -0.25) is 4.79 Å². The maximum absolute atomic E-state index is 12.5. The molecule has 0 saturated heterocycles. The Labute approximate surface area is 208 Å². The summed E-state index contributed by atoms with van der Waals surface area (Å²) in [4.78, 5) is 19.6. The highest BCUT2D eigenvalue weighted by molar-refractivity contribution is 8.00. The summed E-state index contributed by atoms with van der Waals surface area (Å²) in [6.45, 7) is 4.91. The van der Waals surface area contributed by atoms with Gasteiger partial charge in [-0.25, -0.2) is 9.38 Å². The summed E-state index contributed by atoms with van der Waals surface area (Å²) in [6.07, 6.45) is 3.75. The molecule has 1 N–H and O–H groups in total. The van der Waals surface area contributed by atoms with E-state index >= 15 is 0 Å². The molecule has 0 fully saturated rings. The van der Waals surface area contributed by atoms with E-state index in [1.54, 1.807) is 35.6 Å². The third-order valence-corrected chi connectivity index (χ3v) is 8.69. The number of thioether (sulfide) groups is 2. The quantitative estimate of drug-likeness (QED) is 0.259. The average molecular weight is 520 g/mol. The molecule has 1 atom stereocenters. The molecule has 0 radical (unpaired) electrons. The SMILES string of the molecule is CC[C@@]1(C)Cc2c(sc3nc(SC)n4c(SCC(=O)Nc5cccc(Cl)c5)nnc4c23)CO1. The maximum Gasteiger partial charge on any atom is 0.234 e. The third-order valence-electron chi connectivity index (χ3n) is 5.79. The van der Waals surface area contributed by atoms with Gasteiger partial charge in [-0.2, -0.15) is 0 Å². The first-order chi connectivity index (χ1) is 15.9. The molecule has 0 spiro atoms. The first-order valence-electron chi connectivity index (χ1n) is 10.5. The Morgan fingerprint density at radius 3 is 2.97 bits per heavy atom. The van der Waals surface area contributed by atoms with Crippen LogP contribution in [-0.2, 0) is 22.6 Å². The zero-order valence-electron chi connectivity index (χ0n) is 18.3. The van der Waals surface area contributed by atoms with E-state index in [-0.39, 0.29) is 17.3 Å². The van der Waals surface area contributed by atoms with Crippen LogP contribution in [0.1, 0.15) is 30.7 Å². The van der Waals surface area contributed by atoms with E-state index in [9.17, 15) is 4.79 Å². The number of thiophene rings is 1. The van der Waals surface area contributed by atoms with Gasteiger partial charge in [-0.05, 0) is 43.4 Å². The molecule has 11 heteroatoms. The molecule has 33 heavy (non-hydrogen) atoms. The average Bonchev–Trinajstić information content (AvgIpc) is 3.38. The van der Waals surface area contributed by atoms with Crippen LogP contribution in [0, 0.1) is 0 Å². The van der Waals surface area contributed by atoms with Crippen LogP contribution < -0.4 is 5.32 Å². The Morgan fingerprint density at radius 1 is 1.36 bits per heavy atom. The van der Waals surface area contributed by atoms with Crippen molar-refractivity contribution in [2.75, 3.05) is 17.3 Å². The Balaban J connectivity index is 1.47. The Bertz CT molecular complexity index is 1370. The summed E-state index contributed by atoms with van der Waals surface area (Å²) in [5.41, 5.74) is 2.53. The number of carbonyl (C=O) groups is 1. The van der Waals surface area contributed by atoms with Gasteiger partial charge in [-0.15, -0.1) is 21.5 Å². The smallest absolute Gasteiger partial charge is 0.234 e. The van der Waals surface area contributed by atoms with Gasteiger partial charge in [-0.1, -0.05) is 48.1 Å². The van der Waals surface area contributed by atoms with Crippen molar-refractivity contribution in [1.29, 1.82) is 0 Å². The Kier molecular flexibility index (Phi) is 6.30. The summed E-state index contributed by atoms with van der Waals surface area (Å²) in [5, 5.41) is 14.9. The molecule has 4 heterocycles. The van der Waals surface area contributed by atoms with E-state index in [1.165, 1.54) is 34.0 Å². The Hall–Kier alpha value is -1.85. The van der Waals surface area contributed by atoms with Crippen molar-refractivity contribution < 1.29 is 9.53 Å². The third kappa shape index (κ3) is 4.35. The number of carbonyl (C=O) groups excluding carboxylic acids is 1.